The van der Waals surface area contributed by atoms with Crippen LogP contribution in [0.2, 0.25) is 0 Å². The SMILES string of the molecule is O=C(Nc1ccccc1F)c1ccccc1Sc1ccc2c(/C=C/c3ccccn3)n[nH]c2c1. The van der Waals surface area contributed by atoms with Crippen molar-refractivity contribution in [1.82, 2.24) is 15.2 Å². The van der Waals surface area contributed by atoms with Gasteiger partial charge in [-0.05, 0) is 66.7 Å². The second-order valence-electron chi connectivity index (χ2n) is 7.44. The van der Waals surface area contributed by atoms with Crippen molar-refractivity contribution < 1.29 is 9.18 Å². The Morgan fingerprint density at radius 3 is 2.62 bits per heavy atom. The predicted octanol–water partition coefficient (Wildman–Crippen LogP) is 6.67. The minimum absolute atomic E-state index is 0.150. The molecule has 5 rings (SSSR count). The Bertz CT molecular complexity index is 1500. The lowest BCUT2D eigenvalue weighted by Gasteiger charge is -2.10. The number of hydrogen-bond acceptors (Lipinski definition) is 4. The molecule has 0 saturated carbocycles. The van der Waals surface area contributed by atoms with Gasteiger partial charge in [0.1, 0.15) is 5.82 Å². The highest BCUT2D eigenvalue weighted by atomic mass is 32.2. The number of carbonyl (C=O) groups is 1. The van der Waals surface area contributed by atoms with Gasteiger partial charge in [0.15, 0.2) is 0 Å². The second kappa shape index (κ2) is 9.72. The molecule has 0 atom stereocenters. The Labute approximate surface area is 199 Å². The molecule has 0 aliphatic heterocycles. The maximum Gasteiger partial charge on any atom is 0.256 e. The molecule has 0 radical (unpaired) electrons. The normalized spacial score (nSPS) is 11.2. The van der Waals surface area contributed by atoms with Crippen LogP contribution in [0.4, 0.5) is 10.1 Å². The van der Waals surface area contributed by atoms with Crippen molar-refractivity contribution >= 4 is 46.4 Å². The van der Waals surface area contributed by atoms with Crippen molar-refractivity contribution in [3.05, 3.63) is 114 Å². The van der Waals surface area contributed by atoms with Crippen molar-refractivity contribution in [1.29, 1.82) is 0 Å². The molecule has 0 fully saturated rings. The number of aromatic nitrogens is 3. The summed E-state index contributed by atoms with van der Waals surface area (Å²) in [6.45, 7) is 0. The lowest BCUT2D eigenvalue weighted by Crippen LogP contribution is -2.13. The van der Waals surface area contributed by atoms with Gasteiger partial charge in [0, 0.05) is 21.4 Å². The maximum atomic E-state index is 14.0. The van der Waals surface area contributed by atoms with Gasteiger partial charge in [-0.25, -0.2) is 4.39 Å². The summed E-state index contributed by atoms with van der Waals surface area (Å²) in [7, 11) is 0. The highest BCUT2D eigenvalue weighted by Gasteiger charge is 2.14. The summed E-state index contributed by atoms with van der Waals surface area (Å²) < 4.78 is 14.0. The third-order valence-corrected chi connectivity index (χ3v) is 6.21. The molecule has 3 aromatic carbocycles. The van der Waals surface area contributed by atoms with E-state index in [0.29, 0.717) is 5.56 Å². The van der Waals surface area contributed by atoms with Gasteiger partial charge in [-0.1, -0.05) is 42.1 Å². The number of para-hydroxylation sites is 1. The van der Waals surface area contributed by atoms with Crippen molar-refractivity contribution in [3.63, 3.8) is 0 Å². The number of halogens is 1. The molecule has 0 aliphatic rings. The lowest BCUT2D eigenvalue weighted by atomic mass is 10.2. The molecule has 0 saturated heterocycles. The number of nitrogens with one attached hydrogen (secondary N) is 2. The third kappa shape index (κ3) is 4.74. The Morgan fingerprint density at radius 1 is 0.941 bits per heavy atom. The molecule has 34 heavy (non-hydrogen) atoms. The average Bonchev–Trinajstić information content (AvgIpc) is 3.27. The Kier molecular flexibility index (Phi) is 6.18. The number of aromatic amines is 1. The van der Waals surface area contributed by atoms with Crippen LogP contribution in [-0.4, -0.2) is 21.1 Å². The van der Waals surface area contributed by atoms with E-state index >= 15 is 0 Å². The Morgan fingerprint density at radius 2 is 1.76 bits per heavy atom. The molecule has 166 valence electrons. The molecule has 1 amide bonds. The van der Waals surface area contributed by atoms with Gasteiger partial charge in [0.05, 0.1) is 28.2 Å². The molecule has 0 unspecified atom stereocenters. The fraction of sp³-hybridized carbons (Fsp3) is 0. The molecule has 5 nitrogen and oxygen atoms in total. The third-order valence-electron chi connectivity index (χ3n) is 5.15. The van der Waals surface area contributed by atoms with Crippen molar-refractivity contribution in [2.24, 2.45) is 0 Å². The van der Waals surface area contributed by atoms with Crippen LogP contribution in [0.5, 0.6) is 0 Å². The van der Waals surface area contributed by atoms with Crippen molar-refractivity contribution in [2.75, 3.05) is 5.32 Å². The summed E-state index contributed by atoms with van der Waals surface area (Å²) in [6.07, 6.45) is 5.60. The van der Waals surface area contributed by atoms with E-state index in [1.807, 2.05) is 60.7 Å². The molecule has 2 heterocycles. The number of benzene rings is 3. The quantitative estimate of drug-likeness (QED) is 0.293. The van der Waals surface area contributed by atoms with E-state index in [1.54, 1.807) is 30.5 Å². The highest BCUT2D eigenvalue weighted by molar-refractivity contribution is 7.99. The smallest absolute Gasteiger partial charge is 0.256 e. The molecule has 2 N–H and O–H groups in total. The first kappa shape index (κ1) is 21.6. The zero-order valence-corrected chi connectivity index (χ0v) is 18.7. The van der Waals surface area contributed by atoms with E-state index in [-0.39, 0.29) is 11.6 Å². The number of nitrogens with zero attached hydrogens (tertiary/aromatic N) is 2. The average molecular weight is 467 g/mol. The minimum atomic E-state index is -0.474. The zero-order valence-electron chi connectivity index (χ0n) is 17.9. The van der Waals surface area contributed by atoms with Crippen LogP contribution in [0, 0.1) is 5.82 Å². The van der Waals surface area contributed by atoms with E-state index in [1.165, 1.54) is 23.9 Å². The first-order valence-corrected chi connectivity index (χ1v) is 11.4. The van der Waals surface area contributed by atoms with Gasteiger partial charge in [-0.2, -0.15) is 5.10 Å². The number of carbonyl (C=O) groups excluding carboxylic acids is 1. The molecular formula is C27H19FN4OS. The lowest BCUT2D eigenvalue weighted by molar-refractivity contribution is 0.102. The van der Waals surface area contributed by atoms with Crippen LogP contribution < -0.4 is 5.32 Å². The van der Waals surface area contributed by atoms with E-state index in [2.05, 4.69) is 20.5 Å². The zero-order chi connectivity index (χ0) is 23.3. The van der Waals surface area contributed by atoms with E-state index in [4.69, 9.17) is 0 Å². The number of pyridine rings is 1. The standard InChI is InChI=1S/C27H19FN4OS/c28-22-9-2-3-10-24(22)30-27(33)21-8-1-4-11-26(21)34-19-13-14-20-23(31-32-25(20)17-19)15-12-18-7-5-6-16-29-18/h1-17H,(H,30,33)(H,31,32)/b15-12+. The van der Waals surface area contributed by atoms with Crippen LogP contribution in [0.1, 0.15) is 21.7 Å². The number of hydrogen-bond donors (Lipinski definition) is 2. The number of amides is 1. The number of fused-ring (bicyclic) bond motifs is 1. The number of anilines is 1. The molecular weight excluding hydrogens is 447 g/mol. The Hall–Kier alpha value is -4.23. The molecule has 0 aliphatic carbocycles. The van der Waals surface area contributed by atoms with E-state index in [9.17, 15) is 9.18 Å². The predicted molar refractivity (Wildman–Crippen MR) is 134 cm³/mol. The topological polar surface area (TPSA) is 70.7 Å². The fourth-order valence-corrected chi connectivity index (χ4v) is 4.46. The van der Waals surface area contributed by atoms with Crippen LogP contribution in [0.3, 0.4) is 0 Å². The summed E-state index contributed by atoms with van der Waals surface area (Å²) in [6, 6.07) is 25.1. The molecule has 7 heteroatoms. The molecule has 0 bridgehead atoms. The second-order valence-corrected chi connectivity index (χ2v) is 8.55. The van der Waals surface area contributed by atoms with Gasteiger partial charge in [-0.3, -0.25) is 14.9 Å². The summed E-state index contributed by atoms with van der Waals surface area (Å²) >= 11 is 1.46. The minimum Gasteiger partial charge on any atom is -0.319 e. The maximum absolute atomic E-state index is 14.0. The number of H-pyrrole nitrogens is 1. The first-order chi connectivity index (χ1) is 16.7. The van der Waals surface area contributed by atoms with Crippen LogP contribution in [0.15, 0.2) is 101 Å². The van der Waals surface area contributed by atoms with E-state index in [0.717, 1.165) is 32.1 Å². The van der Waals surface area contributed by atoms with Gasteiger partial charge >= 0.3 is 0 Å². The van der Waals surface area contributed by atoms with Crippen LogP contribution in [-0.2, 0) is 0 Å². The van der Waals surface area contributed by atoms with Crippen molar-refractivity contribution in [3.8, 4) is 0 Å². The molecule has 5 aromatic rings. The molecule has 0 spiro atoms. The summed E-state index contributed by atoms with van der Waals surface area (Å²) in [5.74, 6) is -0.837. The Balaban J connectivity index is 1.37. The largest absolute Gasteiger partial charge is 0.319 e. The highest BCUT2D eigenvalue weighted by Crippen LogP contribution is 2.33. The van der Waals surface area contributed by atoms with Crippen LogP contribution in [0.25, 0.3) is 23.1 Å². The van der Waals surface area contributed by atoms with Crippen molar-refractivity contribution in [2.45, 2.75) is 9.79 Å². The van der Waals surface area contributed by atoms with Gasteiger partial charge in [0.2, 0.25) is 0 Å². The summed E-state index contributed by atoms with van der Waals surface area (Å²) in [5.41, 5.74) is 3.19. The van der Waals surface area contributed by atoms with Gasteiger partial charge < -0.3 is 5.32 Å². The van der Waals surface area contributed by atoms with Gasteiger partial charge in [0.25, 0.3) is 5.91 Å². The fourth-order valence-electron chi connectivity index (χ4n) is 3.47. The van der Waals surface area contributed by atoms with Crippen LogP contribution >= 0.6 is 11.8 Å². The monoisotopic (exact) mass is 466 g/mol. The number of rotatable bonds is 6. The summed E-state index contributed by atoms with van der Waals surface area (Å²) in [5, 5.41) is 11.1. The first-order valence-electron chi connectivity index (χ1n) is 10.6. The summed E-state index contributed by atoms with van der Waals surface area (Å²) in [4.78, 5) is 18.9. The molecule has 2 aromatic heterocycles. The van der Waals surface area contributed by atoms with Gasteiger partial charge in [-0.15, -0.1) is 0 Å². The van der Waals surface area contributed by atoms with E-state index < -0.39 is 5.82 Å².